The molecular formula is C23H25N3O2. The van der Waals surface area contributed by atoms with Crippen molar-refractivity contribution in [1.29, 1.82) is 0 Å². The molecule has 1 aliphatic heterocycles. The summed E-state index contributed by atoms with van der Waals surface area (Å²) in [5, 5.41) is 14.4. The first kappa shape index (κ1) is 18.4. The van der Waals surface area contributed by atoms with Gasteiger partial charge in [0.25, 0.3) is 0 Å². The summed E-state index contributed by atoms with van der Waals surface area (Å²) < 4.78 is 1.91. The molecule has 1 saturated heterocycles. The van der Waals surface area contributed by atoms with Crippen LogP contribution in [0.3, 0.4) is 0 Å². The molecule has 3 aromatic rings. The highest BCUT2D eigenvalue weighted by atomic mass is 16.4. The number of hydrogen-bond donors (Lipinski definition) is 1. The van der Waals surface area contributed by atoms with Crippen LogP contribution < -0.4 is 0 Å². The van der Waals surface area contributed by atoms with E-state index in [2.05, 4.69) is 42.3 Å². The Bertz CT molecular complexity index is 979. The molecule has 1 aromatic heterocycles. The number of aliphatic carboxylic acids is 1. The van der Waals surface area contributed by atoms with Crippen LogP contribution in [-0.2, 0) is 11.3 Å². The molecule has 5 nitrogen and oxygen atoms in total. The van der Waals surface area contributed by atoms with E-state index in [-0.39, 0.29) is 0 Å². The number of carbonyl (C=O) groups is 1. The molecule has 0 aliphatic carbocycles. The lowest BCUT2D eigenvalue weighted by atomic mass is 9.90. The molecule has 1 N–H and O–H groups in total. The second kappa shape index (κ2) is 7.24. The minimum absolute atomic E-state index is 0.562. The van der Waals surface area contributed by atoms with E-state index in [1.165, 1.54) is 5.56 Å². The summed E-state index contributed by atoms with van der Waals surface area (Å²) in [5.41, 5.74) is 4.70. The number of carboxylic acids is 1. The van der Waals surface area contributed by atoms with Crippen molar-refractivity contribution in [1.82, 2.24) is 14.7 Å². The maximum absolute atomic E-state index is 11.6. The van der Waals surface area contributed by atoms with Gasteiger partial charge in [-0.05, 0) is 38.9 Å². The normalized spacial score (nSPS) is 19.8. The lowest BCUT2D eigenvalue weighted by Gasteiger charge is -2.20. The van der Waals surface area contributed by atoms with Gasteiger partial charge < -0.3 is 5.11 Å². The van der Waals surface area contributed by atoms with Crippen LogP contribution in [0.4, 0.5) is 0 Å². The number of aromatic nitrogens is 2. The van der Waals surface area contributed by atoms with Gasteiger partial charge in [0.2, 0.25) is 0 Å². The predicted molar refractivity (Wildman–Crippen MR) is 109 cm³/mol. The summed E-state index contributed by atoms with van der Waals surface area (Å²) >= 11 is 0. The molecule has 2 aromatic carbocycles. The molecule has 1 atom stereocenters. The lowest BCUT2D eigenvalue weighted by Crippen LogP contribution is -2.31. The first-order valence-corrected chi connectivity index (χ1v) is 9.61. The number of carboxylic acid groups (broad SMARTS) is 1. The fourth-order valence-electron chi connectivity index (χ4n) is 3.80. The molecule has 5 heteroatoms. The average Bonchev–Trinajstić information content (AvgIpc) is 3.28. The van der Waals surface area contributed by atoms with Crippen LogP contribution in [0.2, 0.25) is 0 Å². The van der Waals surface area contributed by atoms with Crippen LogP contribution in [-0.4, -0.2) is 38.8 Å². The van der Waals surface area contributed by atoms with Gasteiger partial charge in [0.1, 0.15) is 0 Å². The van der Waals surface area contributed by atoms with Crippen molar-refractivity contribution in [2.24, 2.45) is 5.41 Å². The molecule has 144 valence electrons. The monoisotopic (exact) mass is 375 g/mol. The molecule has 28 heavy (non-hydrogen) atoms. The fourth-order valence-corrected chi connectivity index (χ4v) is 3.80. The van der Waals surface area contributed by atoms with E-state index < -0.39 is 11.4 Å². The van der Waals surface area contributed by atoms with Gasteiger partial charge in [-0.3, -0.25) is 9.69 Å². The van der Waals surface area contributed by atoms with Gasteiger partial charge >= 0.3 is 5.97 Å². The van der Waals surface area contributed by atoms with Crippen molar-refractivity contribution in [3.05, 3.63) is 71.9 Å². The Balaban J connectivity index is 1.68. The van der Waals surface area contributed by atoms with Crippen molar-refractivity contribution in [2.75, 3.05) is 13.1 Å². The van der Waals surface area contributed by atoms with Gasteiger partial charge in [0, 0.05) is 30.4 Å². The van der Waals surface area contributed by atoms with Crippen LogP contribution in [0.15, 0.2) is 60.8 Å². The van der Waals surface area contributed by atoms with Crippen molar-refractivity contribution in [3.8, 4) is 16.9 Å². The second-order valence-corrected chi connectivity index (χ2v) is 7.98. The van der Waals surface area contributed by atoms with Crippen LogP contribution in [0.25, 0.3) is 16.9 Å². The third-order valence-corrected chi connectivity index (χ3v) is 5.60. The first-order valence-electron chi connectivity index (χ1n) is 9.61. The summed E-state index contributed by atoms with van der Waals surface area (Å²) in [6.07, 6.45) is 2.75. The summed E-state index contributed by atoms with van der Waals surface area (Å²) in [7, 11) is 0. The zero-order chi connectivity index (χ0) is 19.7. The van der Waals surface area contributed by atoms with Gasteiger partial charge in [0.15, 0.2) is 0 Å². The molecule has 0 bridgehead atoms. The molecule has 0 amide bonds. The number of benzene rings is 2. The maximum atomic E-state index is 11.6. The third kappa shape index (κ3) is 3.58. The van der Waals surface area contributed by atoms with E-state index in [0.717, 1.165) is 29.1 Å². The van der Waals surface area contributed by atoms with E-state index >= 15 is 0 Å². The van der Waals surface area contributed by atoms with Crippen molar-refractivity contribution in [2.45, 2.75) is 26.8 Å². The SMILES string of the molecule is Cc1ccc(-c2nn(-c3ccccc3)cc2CN2CCC(C)(C(=O)O)C2)cc1. The topological polar surface area (TPSA) is 58.4 Å². The standard InChI is InChI=1S/C23H25N3O2/c1-17-8-10-18(11-9-17)21-19(14-25-13-12-23(2,16-25)22(27)28)15-26(24-21)20-6-4-3-5-7-20/h3-11,15H,12-14,16H2,1-2H3,(H,27,28). The number of nitrogens with zero attached hydrogens (tertiary/aromatic N) is 3. The molecule has 1 fully saturated rings. The van der Waals surface area contributed by atoms with Crippen molar-refractivity contribution in [3.63, 3.8) is 0 Å². The lowest BCUT2D eigenvalue weighted by molar-refractivity contribution is -0.147. The Kier molecular flexibility index (Phi) is 4.77. The highest BCUT2D eigenvalue weighted by molar-refractivity contribution is 5.75. The molecule has 4 rings (SSSR count). The highest BCUT2D eigenvalue weighted by Crippen LogP contribution is 2.33. The van der Waals surface area contributed by atoms with Crippen LogP contribution in [0, 0.1) is 12.3 Å². The molecule has 0 spiro atoms. The minimum atomic E-state index is -0.714. The largest absolute Gasteiger partial charge is 0.481 e. The molecule has 0 saturated carbocycles. The molecule has 0 radical (unpaired) electrons. The Morgan fingerprint density at radius 2 is 1.86 bits per heavy atom. The Labute approximate surface area is 165 Å². The third-order valence-electron chi connectivity index (χ3n) is 5.60. The molecule has 1 aliphatic rings. The fraction of sp³-hybridized carbons (Fsp3) is 0.304. The Hall–Kier alpha value is -2.92. The number of para-hydroxylation sites is 1. The van der Waals surface area contributed by atoms with Crippen molar-refractivity contribution >= 4 is 5.97 Å². The molecule has 2 heterocycles. The van der Waals surface area contributed by atoms with Crippen LogP contribution in [0.1, 0.15) is 24.5 Å². The van der Waals surface area contributed by atoms with Crippen LogP contribution in [0.5, 0.6) is 0 Å². The van der Waals surface area contributed by atoms with Crippen LogP contribution >= 0.6 is 0 Å². The zero-order valence-electron chi connectivity index (χ0n) is 16.3. The average molecular weight is 375 g/mol. The first-order chi connectivity index (χ1) is 13.4. The van der Waals surface area contributed by atoms with E-state index in [0.29, 0.717) is 19.5 Å². The number of hydrogen-bond acceptors (Lipinski definition) is 3. The van der Waals surface area contributed by atoms with E-state index in [4.69, 9.17) is 5.10 Å². The number of likely N-dealkylation sites (tertiary alicyclic amines) is 1. The van der Waals surface area contributed by atoms with Gasteiger partial charge in [-0.25, -0.2) is 4.68 Å². The summed E-state index contributed by atoms with van der Waals surface area (Å²) in [4.78, 5) is 13.8. The quantitative estimate of drug-likeness (QED) is 0.728. The second-order valence-electron chi connectivity index (χ2n) is 7.98. The zero-order valence-corrected chi connectivity index (χ0v) is 16.3. The van der Waals surface area contributed by atoms with Gasteiger partial charge in [0.05, 0.1) is 16.8 Å². The minimum Gasteiger partial charge on any atom is -0.481 e. The maximum Gasteiger partial charge on any atom is 0.310 e. The smallest absolute Gasteiger partial charge is 0.310 e. The van der Waals surface area contributed by atoms with E-state index in [1.807, 2.05) is 41.9 Å². The summed E-state index contributed by atoms with van der Waals surface area (Å²) in [6, 6.07) is 18.5. The van der Waals surface area contributed by atoms with Gasteiger partial charge in [-0.1, -0.05) is 48.0 Å². The Morgan fingerprint density at radius 1 is 1.14 bits per heavy atom. The highest BCUT2D eigenvalue weighted by Gasteiger charge is 2.40. The van der Waals surface area contributed by atoms with E-state index in [1.54, 1.807) is 0 Å². The number of aryl methyl sites for hydroxylation is 1. The van der Waals surface area contributed by atoms with Gasteiger partial charge in [-0.2, -0.15) is 5.10 Å². The number of rotatable bonds is 5. The summed E-state index contributed by atoms with van der Waals surface area (Å²) in [5.74, 6) is -0.714. The van der Waals surface area contributed by atoms with E-state index in [9.17, 15) is 9.90 Å². The summed E-state index contributed by atoms with van der Waals surface area (Å²) in [6.45, 7) is 5.95. The molecular weight excluding hydrogens is 350 g/mol. The predicted octanol–water partition coefficient (Wildman–Crippen LogP) is 4.14. The van der Waals surface area contributed by atoms with Crippen molar-refractivity contribution < 1.29 is 9.90 Å². The molecule has 1 unspecified atom stereocenters. The Morgan fingerprint density at radius 3 is 2.50 bits per heavy atom. The van der Waals surface area contributed by atoms with Gasteiger partial charge in [-0.15, -0.1) is 0 Å².